The summed E-state index contributed by atoms with van der Waals surface area (Å²) in [4.78, 5) is 4.05. The number of hydrogen-bond acceptors (Lipinski definition) is 5. The maximum absolute atomic E-state index is 11.4. The molecule has 1 N–H and O–H groups in total. The van der Waals surface area contributed by atoms with E-state index in [0.717, 1.165) is 16.9 Å². The molecule has 0 spiro atoms. The average Bonchev–Trinajstić information content (AvgIpc) is 2.92. The normalized spacial score (nSPS) is 19.6. The summed E-state index contributed by atoms with van der Waals surface area (Å²) in [5.41, 5.74) is 2.14. The molecule has 0 saturated carbocycles. The van der Waals surface area contributed by atoms with Crippen molar-refractivity contribution in [2.24, 2.45) is 0 Å². The Bertz CT molecular complexity index is 730. The molecule has 1 aromatic heterocycles. The second-order valence-electron chi connectivity index (χ2n) is 5.77. The van der Waals surface area contributed by atoms with E-state index in [-0.39, 0.29) is 11.8 Å². The first-order valence-corrected chi connectivity index (χ1v) is 9.47. The minimum absolute atomic E-state index is 0.0708. The zero-order valence-electron chi connectivity index (χ0n) is 12.8. The Morgan fingerprint density at radius 2 is 2.00 bits per heavy atom. The van der Waals surface area contributed by atoms with Gasteiger partial charge < -0.3 is 10.1 Å². The van der Waals surface area contributed by atoms with E-state index in [1.54, 1.807) is 12.4 Å². The number of pyridine rings is 1. The van der Waals surface area contributed by atoms with Crippen LogP contribution in [0.1, 0.15) is 17.5 Å². The fraction of sp³-hybridized carbons (Fsp3) is 0.353. The smallest absolute Gasteiger partial charge is 0.151 e. The molecule has 1 aliphatic heterocycles. The molecule has 0 radical (unpaired) electrons. The van der Waals surface area contributed by atoms with Crippen molar-refractivity contribution < 1.29 is 13.2 Å². The van der Waals surface area contributed by atoms with E-state index in [9.17, 15) is 8.42 Å². The third-order valence-corrected chi connectivity index (χ3v) is 5.65. The van der Waals surface area contributed by atoms with Crippen LogP contribution in [-0.4, -0.2) is 30.9 Å². The highest BCUT2D eigenvalue weighted by Gasteiger charge is 2.27. The number of ether oxygens (including phenoxy) is 1. The molecule has 2 aromatic rings. The van der Waals surface area contributed by atoms with Crippen LogP contribution in [0.2, 0.25) is 0 Å². The number of benzene rings is 1. The van der Waals surface area contributed by atoms with Gasteiger partial charge >= 0.3 is 0 Å². The quantitative estimate of drug-likeness (QED) is 0.875. The molecule has 3 rings (SSSR count). The first-order valence-electron chi connectivity index (χ1n) is 7.65. The zero-order valence-corrected chi connectivity index (χ0v) is 13.6. The van der Waals surface area contributed by atoms with Crippen LogP contribution in [-0.2, 0) is 23.0 Å². The fourth-order valence-corrected chi connectivity index (χ4v) is 4.28. The lowest BCUT2D eigenvalue weighted by atomic mass is 10.2. The Labute approximate surface area is 136 Å². The summed E-state index contributed by atoms with van der Waals surface area (Å²) < 4.78 is 28.6. The standard InChI is InChI=1S/C17H20N2O3S/c20-23(21)9-7-16(13-23)19-11-14-3-5-17(6-4-14)22-12-15-2-1-8-18-10-15/h1-6,8,10,16,19H,7,9,11-13H2. The van der Waals surface area contributed by atoms with E-state index < -0.39 is 9.84 Å². The van der Waals surface area contributed by atoms with Crippen molar-refractivity contribution in [3.05, 3.63) is 59.9 Å². The van der Waals surface area contributed by atoms with Crippen molar-refractivity contribution in [1.29, 1.82) is 0 Å². The number of nitrogens with one attached hydrogen (secondary N) is 1. The van der Waals surface area contributed by atoms with E-state index in [1.807, 2.05) is 36.4 Å². The van der Waals surface area contributed by atoms with Gasteiger partial charge in [0.05, 0.1) is 11.5 Å². The van der Waals surface area contributed by atoms with Crippen LogP contribution in [0.4, 0.5) is 0 Å². The van der Waals surface area contributed by atoms with E-state index >= 15 is 0 Å². The second kappa shape index (κ2) is 7.10. The Morgan fingerprint density at radius 1 is 1.17 bits per heavy atom. The number of aromatic nitrogens is 1. The summed E-state index contributed by atoms with van der Waals surface area (Å²) in [6.45, 7) is 1.16. The van der Waals surface area contributed by atoms with Gasteiger partial charge in [0.2, 0.25) is 0 Å². The van der Waals surface area contributed by atoms with Crippen LogP contribution in [0.15, 0.2) is 48.8 Å². The highest BCUT2D eigenvalue weighted by atomic mass is 32.2. The van der Waals surface area contributed by atoms with Crippen LogP contribution in [0.3, 0.4) is 0 Å². The topological polar surface area (TPSA) is 68.3 Å². The molecule has 5 nitrogen and oxygen atoms in total. The van der Waals surface area contributed by atoms with E-state index in [1.165, 1.54) is 0 Å². The van der Waals surface area contributed by atoms with Crippen LogP contribution < -0.4 is 10.1 Å². The van der Waals surface area contributed by atoms with E-state index in [0.29, 0.717) is 25.3 Å². The fourth-order valence-electron chi connectivity index (χ4n) is 2.57. The van der Waals surface area contributed by atoms with E-state index in [4.69, 9.17) is 4.74 Å². The van der Waals surface area contributed by atoms with Gasteiger partial charge in [0.25, 0.3) is 0 Å². The van der Waals surface area contributed by atoms with Crippen LogP contribution >= 0.6 is 0 Å². The van der Waals surface area contributed by atoms with Crippen molar-refractivity contribution >= 4 is 9.84 Å². The Morgan fingerprint density at radius 3 is 2.65 bits per heavy atom. The summed E-state index contributed by atoms with van der Waals surface area (Å²) in [7, 11) is -2.83. The molecular weight excluding hydrogens is 312 g/mol. The average molecular weight is 332 g/mol. The largest absolute Gasteiger partial charge is 0.489 e. The molecule has 0 bridgehead atoms. The minimum Gasteiger partial charge on any atom is -0.489 e. The predicted molar refractivity (Wildman–Crippen MR) is 88.9 cm³/mol. The molecule has 1 aromatic carbocycles. The summed E-state index contributed by atoms with van der Waals surface area (Å²) in [6.07, 6.45) is 4.23. The molecule has 0 amide bonds. The van der Waals surface area contributed by atoms with Crippen LogP contribution in [0.25, 0.3) is 0 Å². The van der Waals surface area contributed by atoms with Gasteiger partial charge in [0, 0.05) is 30.5 Å². The second-order valence-corrected chi connectivity index (χ2v) is 8.00. The maximum Gasteiger partial charge on any atom is 0.151 e. The minimum atomic E-state index is -2.83. The summed E-state index contributed by atoms with van der Waals surface area (Å²) in [5, 5.41) is 3.30. The summed E-state index contributed by atoms with van der Waals surface area (Å²) in [6, 6.07) is 11.8. The Hall–Kier alpha value is -1.92. The molecule has 1 atom stereocenters. The van der Waals surface area contributed by atoms with Crippen molar-refractivity contribution in [1.82, 2.24) is 10.3 Å². The number of rotatable bonds is 6. The molecule has 1 fully saturated rings. The first kappa shape index (κ1) is 16.0. The third-order valence-electron chi connectivity index (χ3n) is 3.88. The number of hydrogen-bond donors (Lipinski definition) is 1. The van der Waals surface area contributed by atoms with Crippen molar-refractivity contribution in [2.75, 3.05) is 11.5 Å². The third kappa shape index (κ3) is 4.77. The maximum atomic E-state index is 11.4. The number of sulfone groups is 1. The van der Waals surface area contributed by atoms with Gasteiger partial charge in [-0.25, -0.2) is 8.42 Å². The monoisotopic (exact) mass is 332 g/mol. The lowest BCUT2D eigenvalue weighted by Crippen LogP contribution is -2.29. The van der Waals surface area contributed by atoms with Crippen LogP contribution in [0, 0.1) is 0 Å². The van der Waals surface area contributed by atoms with Crippen molar-refractivity contribution in [2.45, 2.75) is 25.6 Å². The molecular formula is C17H20N2O3S. The Balaban J connectivity index is 1.47. The highest BCUT2D eigenvalue weighted by molar-refractivity contribution is 7.91. The predicted octanol–water partition coefficient (Wildman–Crippen LogP) is 1.94. The molecule has 2 heterocycles. The van der Waals surface area contributed by atoms with Crippen molar-refractivity contribution in [3.63, 3.8) is 0 Å². The van der Waals surface area contributed by atoms with Crippen molar-refractivity contribution in [3.8, 4) is 5.75 Å². The van der Waals surface area contributed by atoms with Gasteiger partial charge in [0.1, 0.15) is 12.4 Å². The summed E-state index contributed by atoms with van der Waals surface area (Å²) >= 11 is 0. The molecule has 0 aliphatic carbocycles. The van der Waals surface area contributed by atoms with E-state index in [2.05, 4.69) is 10.3 Å². The van der Waals surface area contributed by atoms with Crippen LogP contribution in [0.5, 0.6) is 5.75 Å². The highest BCUT2D eigenvalue weighted by Crippen LogP contribution is 2.15. The first-order chi connectivity index (χ1) is 11.1. The SMILES string of the molecule is O=S1(=O)CCC(NCc2ccc(OCc3cccnc3)cc2)C1. The zero-order chi connectivity index (χ0) is 16.1. The molecule has 1 saturated heterocycles. The van der Waals surface area contributed by atoms with Gasteiger partial charge in [-0.15, -0.1) is 0 Å². The molecule has 122 valence electrons. The molecule has 6 heteroatoms. The van der Waals surface area contributed by atoms with Gasteiger partial charge in [-0.2, -0.15) is 0 Å². The van der Waals surface area contributed by atoms with Gasteiger partial charge in [-0.1, -0.05) is 18.2 Å². The molecule has 1 unspecified atom stereocenters. The number of nitrogens with zero attached hydrogens (tertiary/aromatic N) is 1. The molecule has 23 heavy (non-hydrogen) atoms. The van der Waals surface area contributed by atoms with Gasteiger partial charge in [-0.05, 0) is 30.2 Å². The molecule has 1 aliphatic rings. The lowest BCUT2D eigenvalue weighted by molar-refractivity contribution is 0.305. The van der Waals surface area contributed by atoms with Gasteiger partial charge in [0.15, 0.2) is 9.84 Å². The summed E-state index contributed by atoms with van der Waals surface area (Å²) in [5.74, 6) is 1.35. The lowest BCUT2D eigenvalue weighted by Gasteiger charge is -2.11. The van der Waals surface area contributed by atoms with Gasteiger partial charge in [-0.3, -0.25) is 4.98 Å². The Kier molecular flexibility index (Phi) is 4.93.